The van der Waals surface area contributed by atoms with Crippen LogP contribution in [0.2, 0.25) is 5.02 Å². The highest BCUT2D eigenvalue weighted by atomic mass is 35.5. The number of benzene rings is 2. The summed E-state index contributed by atoms with van der Waals surface area (Å²) < 4.78 is 33.4. The summed E-state index contributed by atoms with van der Waals surface area (Å²) in [6.07, 6.45) is 0.550. The molecule has 27 heavy (non-hydrogen) atoms. The van der Waals surface area contributed by atoms with E-state index in [9.17, 15) is 13.2 Å². The van der Waals surface area contributed by atoms with E-state index in [0.29, 0.717) is 10.7 Å². The third-order valence-electron chi connectivity index (χ3n) is 4.11. The van der Waals surface area contributed by atoms with Crippen molar-refractivity contribution >= 4 is 33.2 Å². The molecule has 1 atom stereocenters. The van der Waals surface area contributed by atoms with Crippen molar-refractivity contribution in [3.63, 3.8) is 0 Å². The van der Waals surface area contributed by atoms with Crippen LogP contribution in [0.4, 0.5) is 5.69 Å². The third kappa shape index (κ3) is 3.94. The first kappa shape index (κ1) is 19.3. The van der Waals surface area contributed by atoms with Gasteiger partial charge in [0.1, 0.15) is 5.75 Å². The summed E-state index contributed by atoms with van der Waals surface area (Å²) >= 11 is 6.06. The van der Waals surface area contributed by atoms with Crippen molar-refractivity contribution in [1.82, 2.24) is 5.32 Å². The molecule has 2 aromatic rings. The molecule has 3 rings (SSSR count). The number of anilines is 1. The number of aryl methyl sites for hydroxylation is 1. The van der Waals surface area contributed by atoms with Gasteiger partial charge in [0.2, 0.25) is 0 Å². The summed E-state index contributed by atoms with van der Waals surface area (Å²) in [5.41, 5.74) is 1.25. The molecule has 0 spiro atoms. The molecule has 0 saturated carbocycles. The fourth-order valence-electron chi connectivity index (χ4n) is 2.71. The highest BCUT2D eigenvalue weighted by Crippen LogP contribution is 2.38. The lowest BCUT2D eigenvalue weighted by atomic mass is 10.2. The van der Waals surface area contributed by atoms with Gasteiger partial charge in [-0.3, -0.25) is 9.10 Å². The van der Waals surface area contributed by atoms with Crippen molar-refractivity contribution in [2.75, 3.05) is 17.4 Å². The van der Waals surface area contributed by atoms with Gasteiger partial charge in [-0.05, 0) is 37.3 Å². The summed E-state index contributed by atoms with van der Waals surface area (Å²) in [4.78, 5) is 12.5. The number of amides is 1. The molecule has 1 heterocycles. The Hall–Kier alpha value is -2.51. The molecule has 1 aliphatic heterocycles. The fourth-order valence-corrected chi connectivity index (χ4v) is 4.35. The predicted molar refractivity (Wildman–Crippen MR) is 105 cm³/mol. The normalized spacial score (nSPS) is 16.2. The topological polar surface area (TPSA) is 75.7 Å². The van der Waals surface area contributed by atoms with Crippen LogP contribution in [0.3, 0.4) is 0 Å². The molecule has 142 valence electrons. The van der Waals surface area contributed by atoms with Crippen LogP contribution < -0.4 is 14.4 Å². The molecule has 1 N–H and O–H groups in total. The second-order valence-corrected chi connectivity index (χ2v) is 8.40. The molecule has 1 aliphatic rings. The molecule has 0 bridgehead atoms. The average Bonchev–Trinajstić information content (AvgIpc) is 2.65. The minimum absolute atomic E-state index is 0.131. The second kappa shape index (κ2) is 7.62. The van der Waals surface area contributed by atoms with E-state index in [1.165, 1.54) is 28.6 Å². The molecule has 0 aliphatic carbocycles. The Morgan fingerprint density at radius 1 is 1.33 bits per heavy atom. The SMILES string of the molecule is C=CCNC(=O)[C@@H]1CN(S(=O)(=O)c2ccc(C)cc2)c2cc(Cl)ccc2O1. The Balaban J connectivity index is 2.03. The zero-order chi connectivity index (χ0) is 19.6. The third-order valence-corrected chi connectivity index (χ3v) is 6.14. The van der Waals surface area contributed by atoms with Crippen LogP contribution in [0.25, 0.3) is 0 Å². The smallest absolute Gasteiger partial charge is 0.264 e. The lowest BCUT2D eigenvalue weighted by Crippen LogP contribution is -2.50. The van der Waals surface area contributed by atoms with Crippen LogP contribution in [-0.4, -0.2) is 33.5 Å². The number of carbonyl (C=O) groups excluding carboxylic acids is 1. The maximum atomic E-state index is 13.2. The molecular weight excluding hydrogens is 388 g/mol. The van der Waals surface area contributed by atoms with Crippen LogP contribution in [0.15, 0.2) is 60.0 Å². The van der Waals surface area contributed by atoms with Gasteiger partial charge in [-0.15, -0.1) is 6.58 Å². The number of carbonyl (C=O) groups is 1. The minimum atomic E-state index is -3.90. The molecule has 0 saturated heterocycles. The van der Waals surface area contributed by atoms with E-state index in [1.807, 2.05) is 6.92 Å². The van der Waals surface area contributed by atoms with Gasteiger partial charge in [0.25, 0.3) is 15.9 Å². The number of rotatable bonds is 5. The van der Waals surface area contributed by atoms with E-state index in [0.717, 1.165) is 5.56 Å². The minimum Gasteiger partial charge on any atom is -0.476 e. The molecule has 0 unspecified atom stereocenters. The summed E-state index contributed by atoms with van der Waals surface area (Å²) in [7, 11) is -3.90. The van der Waals surface area contributed by atoms with Gasteiger partial charge in [-0.2, -0.15) is 0 Å². The first-order valence-electron chi connectivity index (χ1n) is 8.27. The average molecular weight is 407 g/mol. The lowest BCUT2D eigenvalue weighted by molar-refractivity contribution is -0.127. The maximum absolute atomic E-state index is 13.2. The van der Waals surface area contributed by atoms with Gasteiger partial charge >= 0.3 is 0 Å². The highest BCUT2D eigenvalue weighted by Gasteiger charge is 2.37. The van der Waals surface area contributed by atoms with Crippen molar-refractivity contribution in [3.05, 3.63) is 65.7 Å². The second-order valence-electron chi connectivity index (χ2n) is 6.10. The Morgan fingerprint density at radius 3 is 2.70 bits per heavy atom. The summed E-state index contributed by atoms with van der Waals surface area (Å²) in [5, 5.41) is 3.01. The van der Waals surface area contributed by atoms with Crippen molar-refractivity contribution in [2.24, 2.45) is 0 Å². The van der Waals surface area contributed by atoms with Crippen LogP contribution in [0.1, 0.15) is 5.56 Å². The Labute approximate surface area is 163 Å². The number of sulfonamides is 1. The van der Waals surface area contributed by atoms with Gasteiger partial charge in [0.15, 0.2) is 6.10 Å². The first-order valence-corrected chi connectivity index (χ1v) is 10.1. The van der Waals surface area contributed by atoms with E-state index in [1.54, 1.807) is 24.3 Å². The fraction of sp³-hybridized carbons (Fsp3) is 0.211. The van der Waals surface area contributed by atoms with Gasteiger partial charge in [-0.1, -0.05) is 35.4 Å². The monoisotopic (exact) mass is 406 g/mol. The Bertz CT molecular complexity index is 974. The predicted octanol–water partition coefficient (Wildman–Crippen LogP) is 2.91. The van der Waals surface area contributed by atoms with Crippen molar-refractivity contribution in [3.8, 4) is 5.75 Å². The standard InChI is InChI=1S/C19H19ClN2O4S/c1-3-10-21-19(23)18-12-22(16-11-14(20)6-9-17(16)26-18)27(24,25)15-7-4-13(2)5-8-15/h3-9,11,18H,1,10,12H2,2H3,(H,21,23)/t18-/m0/s1. The Morgan fingerprint density at radius 2 is 2.04 bits per heavy atom. The number of nitrogens with one attached hydrogen (secondary N) is 1. The van der Waals surface area contributed by atoms with E-state index < -0.39 is 22.0 Å². The zero-order valence-corrected chi connectivity index (χ0v) is 16.3. The number of hydrogen-bond donors (Lipinski definition) is 1. The lowest BCUT2D eigenvalue weighted by Gasteiger charge is -2.34. The summed E-state index contributed by atoms with van der Waals surface area (Å²) in [6.45, 7) is 5.52. The van der Waals surface area contributed by atoms with Crippen molar-refractivity contribution in [2.45, 2.75) is 17.9 Å². The van der Waals surface area contributed by atoms with Gasteiger partial charge in [0.05, 0.1) is 17.1 Å². The highest BCUT2D eigenvalue weighted by molar-refractivity contribution is 7.92. The number of halogens is 1. The zero-order valence-electron chi connectivity index (χ0n) is 14.7. The van der Waals surface area contributed by atoms with Gasteiger partial charge in [-0.25, -0.2) is 8.42 Å². The largest absolute Gasteiger partial charge is 0.476 e. The molecule has 6 nitrogen and oxygen atoms in total. The number of nitrogens with zero attached hydrogens (tertiary/aromatic N) is 1. The summed E-state index contributed by atoms with van der Waals surface area (Å²) in [5.74, 6) is -0.139. The quantitative estimate of drug-likeness (QED) is 0.774. The van der Waals surface area contributed by atoms with Crippen LogP contribution in [0.5, 0.6) is 5.75 Å². The summed E-state index contributed by atoms with van der Waals surface area (Å²) in [6, 6.07) is 11.2. The molecule has 0 fully saturated rings. The first-order chi connectivity index (χ1) is 12.8. The van der Waals surface area contributed by atoms with Crippen molar-refractivity contribution < 1.29 is 17.9 Å². The van der Waals surface area contributed by atoms with E-state index in [2.05, 4.69) is 11.9 Å². The molecule has 0 radical (unpaired) electrons. The molecule has 2 aromatic carbocycles. The number of fused-ring (bicyclic) bond motifs is 1. The van der Waals surface area contributed by atoms with E-state index in [4.69, 9.17) is 16.3 Å². The molecule has 0 aromatic heterocycles. The van der Waals surface area contributed by atoms with Gasteiger partial charge < -0.3 is 10.1 Å². The number of ether oxygens (including phenoxy) is 1. The van der Waals surface area contributed by atoms with Crippen LogP contribution >= 0.6 is 11.6 Å². The van der Waals surface area contributed by atoms with E-state index in [-0.39, 0.29) is 23.7 Å². The van der Waals surface area contributed by atoms with Crippen molar-refractivity contribution in [1.29, 1.82) is 0 Å². The van der Waals surface area contributed by atoms with Gasteiger partial charge in [0, 0.05) is 11.6 Å². The molecular formula is C19H19ClN2O4S. The van der Waals surface area contributed by atoms with Crippen LogP contribution in [-0.2, 0) is 14.8 Å². The Kier molecular flexibility index (Phi) is 5.43. The van der Waals surface area contributed by atoms with E-state index >= 15 is 0 Å². The maximum Gasteiger partial charge on any atom is 0.264 e. The molecule has 8 heteroatoms. The number of hydrogen-bond acceptors (Lipinski definition) is 4. The van der Waals surface area contributed by atoms with Crippen LogP contribution in [0, 0.1) is 6.92 Å². The molecule has 1 amide bonds.